The number of rotatable bonds is 5. The van der Waals surface area contributed by atoms with E-state index in [4.69, 9.17) is 0 Å². The van der Waals surface area contributed by atoms with E-state index in [0.29, 0.717) is 16.8 Å². The van der Waals surface area contributed by atoms with Gasteiger partial charge in [0.15, 0.2) is 0 Å². The van der Waals surface area contributed by atoms with Crippen LogP contribution in [0.3, 0.4) is 0 Å². The third-order valence-electron chi connectivity index (χ3n) is 5.55. The summed E-state index contributed by atoms with van der Waals surface area (Å²) in [6, 6.07) is 8.45. The fraction of sp³-hybridized carbons (Fsp3) is 0.435. The molecule has 0 unspecified atom stereocenters. The topological polar surface area (TPSA) is 86.7 Å². The summed E-state index contributed by atoms with van der Waals surface area (Å²) in [5, 5.41) is 9.78. The van der Waals surface area contributed by atoms with Gasteiger partial charge in [0.1, 0.15) is 0 Å². The summed E-state index contributed by atoms with van der Waals surface area (Å²) in [5.74, 6) is -1.06. The van der Waals surface area contributed by atoms with Crippen molar-refractivity contribution >= 4 is 27.4 Å². The van der Waals surface area contributed by atoms with Crippen LogP contribution in [0.1, 0.15) is 59.2 Å². The highest BCUT2D eigenvalue weighted by Crippen LogP contribution is 2.29. The molecule has 2 aromatic rings. The second-order valence-electron chi connectivity index (χ2n) is 8.13. The Balaban J connectivity index is 1.94. The lowest BCUT2D eigenvalue weighted by atomic mass is 10.1. The molecule has 1 heterocycles. The van der Waals surface area contributed by atoms with Crippen LogP contribution in [0.2, 0.25) is 0 Å². The van der Waals surface area contributed by atoms with E-state index < -0.39 is 16.0 Å². The molecule has 1 aliphatic rings. The molecule has 3 rings (SSSR count). The first-order valence-electron chi connectivity index (χ1n) is 10.4. The molecule has 30 heavy (non-hydrogen) atoms. The van der Waals surface area contributed by atoms with E-state index in [1.165, 1.54) is 12.5 Å². The normalized spacial score (nSPS) is 15.4. The Kier molecular flexibility index (Phi) is 6.71. The van der Waals surface area contributed by atoms with Gasteiger partial charge < -0.3 is 10.0 Å². The number of nitrogens with one attached hydrogen (secondary N) is 1. The maximum absolute atomic E-state index is 13.0. The Labute approximate surface area is 179 Å². The van der Waals surface area contributed by atoms with E-state index in [9.17, 15) is 18.3 Å². The smallest absolute Gasteiger partial charge is 0.337 e. The van der Waals surface area contributed by atoms with Gasteiger partial charge in [0, 0.05) is 18.8 Å². The molecule has 1 aliphatic heterocycles. The summed E-state index contributed by atoms with van der Waals surface area (Å²) in [4.78, 5) is 14.3. The Bertz CT molecular complexity index is 1020. The molecule has 0 bridgehead atoms. The number of carboxylic acids is 1. The van der Waals surface area contributed by atoms with Crippen molar-refractivity contribution < 1.29 is 18.3 Å². The first-order valence-corrected chi connectivity index (χ1v) is 11.9. The minimum absolute atomic E-state index is 0.119. The number of anilines is 2. The number of carboxylic acid groups (broad SMARTS) is 1. The van der Waals surface area contributed by atoms with Gasteiger partial charge in [-0.3, -0.25) is 4.72 Å². The second kappa shape index (κ2) is 9.08. The third-order valence-corrected chi connectivity index (χ3v) is 7.24. The van der Waals surface area contributed by atoms with Gasteiger partial charge >= 0.3 is 5.97 Å². The van der Waals surface area contributed by atoms with Crippen molar-refractivity contribution in [2.45, 2.75) is 57.8 Å². The van der Waals surface area contributed by atoms with Gasteiger partial charge in [-0.25, -0.2) is 13.2 Å². The molecule has 2 aromatic carbocycles. The SMILES string of the molecule is Cc1cc(C)c(S(=O)(=O)Nc2ccc(N3CCCCCCC3)c(C(=O)O)c2)c(C)c1. The fourth-order valence-electron chi connectivity index (χ4n) is 4.33. The van der Waals surface area contributed by atoms with Gasteiger partial charge in [-0.2, -0.15) is 0 Å². The highest BCUT2D eigenvalue weighted by atomic mass is 32.2. The van der Waals surface area contributed by atoms with Crippen molar-refractivity contribution in [3.05, 3.63) is 52.6 Å². The summed E-state index contributed by atoms with van der Waals surface area (Å²) in [5.41, 5.74) is 3.34. The molecule has 2 N–H and O–H groups in total. The number of hydrogen-bond donors (Lipinski definition) is 2. The Hall–Kier alpha value is -2.54. The van der Waals surface area contributed by atoms with Crippen molar-refractivity contribution in [2.75, 3.05) is 22.7 Å². The van der Waals surface area contributed by atoms with Crippen molar-refractivity contribution in [3.63, 3.8) is 0 Å². The van der Waals surface area contributed by atoms with Crippen molar-refractivity contribution in [1.29, 1.82) is 0 Å². The van der Waals surface area contributed by atoms with E-state index >= 15 is 0 Å². The molecule has 162 valence electrons. The maximum Gasteiger partial charge on any atom is 0.337 e. The number of aryl methyl sites for hydroxylation is 3. The van der Waals surface area contributed by atoms with E-state index in [1.54, 1.807) is 26.0 Å². The van der Waals surface area contributed by atoms with Crippen molar-refractivity contribution in [1.82, 2.24) is 0 Å². The molecular weight excluding hydrogens is 400 g/mol. The Morgan fingerprint density at radius 2 is 1.50 bits per heavy atom. The van der Waals surface area contributed by atoms with Crippen LogP contribution in [0.4, 0.5) is 11.4 Å². The zero-order valence-electron chi connectivity index (χ0n) is 17.9. The highest BCUT2D eigenvalue weighted by molar-refractivity contribution is 7.92. The van der Waals surface area contributed by atoms with Crippen LogP contribution < -0.4 is 9.62 Å². The zero-order chi connectivity index (χ0) is 21.9. The number of carbonyl (C=O) groups is 1. The van der Waals surface area contributed by atoms with Gasteiger partial charge in [-0.15, -0.1) is 0 Å². The molecule has 1 saturated heterocycles. The number of hydrogen-bond acceptors (Lipinski definition) is 4. The quantitative estimate of drug-likeness (QED) is 0.706. The number of nitrogens with zero attached hydrogens (tertiary/aromatic N) is 1. The lowest BCUT2D eigenvalue weighted by molar-refractivity contribution is 0.0697. The Morgan fingerprint density at radius 1 is 0.933 bits per heavy atom. The molecule has 0 amide bonds. The molecule has 1 fully saturated rings. The lowest BCUT2D eigenvalue weighted by Gasteiger charge is -2.28. The number of benzene rings is 2. The zero-order valence-corrected chi connectivity index (χ0v) is 18.7. The Morgan fingerprint density at radius 3 is 2.07 bits per heavy atom. The summed E-state index contributed by atoms with van der Waals surface area (Å²) in [6.45, 7) is 7.08. The minimum Gasteiger partial charge on any atom is -0.478 e. The van der Waals surface area contributed by atoms with Crippen LogP contribution in [0.15, 0.2) is 35.2 Å². The largest absolute Gasteiger partial charge is 0.478 e. The number of sulfonamides is 1. The molecule has 0 radical (unpaired) electrons. The predicted molar refractivity (Wildman–Crippen MR) is 120 cm³/mol. The van der Waals surface area contributed by atoms with Crippen LogP contribution in [0, 0.1) is 20.8 Å². The van der Waals surface area contributed by atoms with Crippen LogP contribution in [-0.2, 0) is 10.0 Å². The van der Waals surface area contributed by atoms with Gasteiger partial charge in [-0.05, 0) is 62.9 Å². The summed E-state index contributed by atoms with van der Waals surface area (Å²) in [6.07, 6.45) is 5.56. The standard InChI is InChI=1S/C23H30N2O4S/c1-16-13-17(2)22(18(3)14-16)30(28,29)24-19-9-10-21(20(15-19)23(26)27)25-11-7-5-4-6-8-12-25/h9-10,13-15,24H,4-8,11-12H2,1-3H3,(H,26,27). The molecule has 0 aromatic heterocycles. The van der Waals surface area contributed by atoms with Crippen molar-refractivity contribution in [3.8, 4) is 0 Å². The van der Waals surface area contributed by atoms with Crippen LogP contribution in [0.5, 0.6) is 0 Å². The van der Waals surface area contributed by atoms with Crippen LogP contribution in [-0.4, -0.2) is 32.6 Å². The first kappa shape index (κ1) is 22.2. The molecule has 6 nitrogen and oxygen atoms in total. The predicted octanol–water partition coefficient (Wildman–Crippen LogP) is 4.88. The molecule has 0 saturated carbocycles. The summed E-state index contributed by atoms with van der Waals surface area (Å²) >= 11 is 0. The second-order valence-corrected chi connectivity index (χ2v) is 9.74. The van der Waals surface area contributed by atoms with E-state index in [-0.39, 0.29) is 16.1 Å². The van der Waals surface area contributed by atoms with E-state index in [1.807, 2.05) is 19.1 Å². The first-order chi connectivity index (χ1) is 14.2. The average Bonchev–Trinajstić information content (AvgIpc) is 2.60. The monoisotopic (exact) mass is 430 g/mol. The fourth-order valence-corrected chi connectivity index (χ4v) is 5.84. The van der Waals surface area contributed by atoms with E-state index in [2.05, 4.69) is 9.62 Å². The maximum atomic E-state index is 13.0. The van der Waals surface area contributed by atoms with Crippen LogP contribution in [0.25, 0.3) is 0 Å². The van der Waals surface area contributed by atoms with Gasteiger partial charge in [0.25, 0.3) is 10.0 Å². The summed E-state index contributed by atoms with van der Waals surface area (Å²) < 4.78 is 28.6. The third kappa shape index (κ3) is 4.95. The van der Waals surface area contributed by atoms with Crippen molar-refractivity contribution in [2.24, 2.45) is 0 Å². The summed E-state index contributed by atoms with van der Waals surface area (Å²) in [7, 11) is -3.84. The minimum atomic E-state index is -3.84. The molecule has 0 aliphatic carbocycles. The number of aromatic carboxylic acids is 1. The van der Waals surface area contributed by atoms with Gasteiger partial charge in [-0.1, -0.05) is 37.0 Å². The lowest BCUT2D eigenvalue weighted by Crippen LogP contribution is -2.28. The highest BCUT2D eigenvalue weighted by Gasteiger charge is 2.22. The van der Waals surface area contributed by atoms with Gasteiger partial charge in [0.2, 0.25) is 0 Å². The molecule has 7 heteroatoms. The molecule has 0 atom stereocenters. The molecular formula is C23H30N2O4S. The average molecular weight is 431 g/mol. The van der Waals surface area contributed by atoms with Crippen LogP contribution >= 0.6 is 0 Å². The van der Waals surface area contributed by atoms with Gasteiger partial charge in [0.05, 0.1) is 16.1 Å². The molecule has 0 spiro atoms. The van der Waals surface area contributed by atoms with E-state index in [0.717, 1.165) is 44.3 Å².